The maximum absolute atomic E-state index is 6.23. The van der Waals surface area contributed by atoms with Crippen LogP contribution in [0, 0.1) is 18.8 Å². The van der Waals surface area contributed by atoms with Gasteiger partial charge in [0.1, 0.15) is 10.8 Å². The van der Waals surface area contributed by atoms with E-state index in [9.17, 15) is 0 Å². The molecule has 19 heavy (non-hydrogen) atoms. The second-order valence-electron chi connectivity index (χ2n) is 5.75. The van der Waals surface area contributed by atoms with Crippen molar-refractivity contribution in [2.75, 3.05) is 0 Å². The van der Waals surface area contributed by atoms with E-state index in [1.807, 2.05) is 13.0 Å². The zero-order valence-electron chi connectivity index (χ0n) is 12.2. The van der Waals surface area contributed by atoms with Gasteiger partial charge < -0.3 is 4.74 Å². The molecular formula is C16H24ClNO. The molecule has 0 bridgehead atoms. The van der Waals surface area contributed by atoms with Crippen LogP contribution in [0.25, 0.3) is 0 Å². The van der Waals surface area contributed by atoms with E-state index in [0.29, 0.717) is 11.1 Å². The molecule has 1 aliphatic carbocycles. The number of hydrogen-bond donors (Lipinski definition) is 0. The van der Waals surface area contributed by atoms with Crippen LogP contribution in [-0.4, -0.2) is 11.1 Å². The molecule has 0 saturated heterocycles. The summed E-state index contributed by atoms with van der Waals surface area (Å²) in [6.07, 6.45) is 8.22. The van der Waals surface area contributed by atoms with Gasteiger partial charge in [-0.1, -0.05) is 31.9 Å². The lowest BCUT2D eigenvalue weighted by Gasteiger charge is -2.32. The number of nitrogens with zero attached hydrogens (tertiary/aromatic N) is 1. The summed E-state index contributed by atoms with van der Waals surface area (Å²) in [6, 6.07) is 1.87. The van der Waals surface area contributed by atoms with E-state index in [2.05, 4.69) is 18.8 Å². The summed E-state index contributed by atoms with van der Waals surface area (Å²) in [5.74, 6) is 2.51. The summed E-state index contributed by atoms with van der Waals surface area (Å²) < 4.78 is 6.06. The Kier molecular flexibility index (Phi) is 5.09. The van der Waals surface area contributed by atoms with Gasteiger partial charge in [0.05, 0.1) is 11.8 Å². The molecule has 0 spiro atoms. The minimum atomic E-state index is 0.319. The maximum atomic E-state index is 6.23. The molecule has 2 nitrogen and oxygen atoms in total. The molecule has 1 atom stereocenters. The first-order valence-corrected chi connectivity index (χ1v) is 7.77. The normalized spacial score (nSPS) is 25.1. The molecule has 1 aromatic rings. The van der Waals surface area contributed by atoms with Crippen molar-refractivity contribution >= 4 is 11.6 Å². The van der Waals surface area contributed by atoms with Gasteiger partial charge in [-0.15, -0.1) is 0 Å². The molecule has 1 fully saturated rings. The Morgan fingerprint density at radius 1 is 1.37 bits per heavy atom. The zero-order valence-corrected chi connectivity index (χ0v) is 12.9. The first kappa shape index (κ1) is 14.6. The van der Waals surface area contributed by atoms with Gasteiger partial charge in [0.25, 0.3) is 0 Å². The van der Waals surface area contributed by atoms with Crippen molar-refractivity contribution in [2.45, 2.75) is 59.0 Å². The monoisotopic (exact) mass is 281 g/mol. The van der Waals surface area contributed by atoms with Crippen molar-refractivity contribution in [1.82, 2.24) is 4.98 Å². The van der Waals surface area contributed by atoms with Gasteiger partial charge >= 0.3 is 0 Å². The van der Waals surface area contributed by atoms with Crippen LogP contribution >= 0.6 is 11.6 Å². The summed E-state index contributed by atoms with van der Waals surface area (Å²) in [5, 5.41) is 0.659. The third kappa shape index (κ3) is 3.62. The van der Waals surface area contributed by atoms with Crippen LogP contribution in [0.3, 0.4) is 0 Å². The second-order valence-corrected chi connectivity index (χ2v) is 6.13. The third-order valence-corrected chi connectivity index (χ3v) is 4.95. The van der Waals surface area contributed by atoms with Crippen LogP contribution in [0.1, 0.15) is 51.6 Å². The van der Waals surface area contributed by atoms with Crippen LogP contribution < -0.4 is 4.74 Å². The Labute approximate surface area is 121 Å². The van der Waals surface area contributed by atoms with E-state index >= 15 is 0 Å². The van der Waals surface area contributed by atoms with Crippen molar-refractivity contribution in [3.05, 3.63) is 23.0 Å². The molecule has 0 amide bonds. The molecule has 2 rings (SSSR count). The van der Waals surface area contributed by atoms with Gasteiger partial charge in [0.2, 0.25) is 0 Å². The minimum absolute atomic E-state index is 0.319. The first-order chi connectivity index (χ1) is 9.11. The Balaban J connectivity index is 1.90. The van der Waals surface area contributed by atoms with E-state index in [1.165, 1.54) is 19.3 Å². The SMILES string of the molecule is CCC(C)C1CCC(Oc2ccnc(C)c2Cl)CC1. The van der Waals surface area contributed by atoms with Gasteiger partial charge in [-0.2, -0.15) is 0 Å². The predicted octanol–water partition coefficient (Wildman–Crippen LogP) is 5.03. The Hall–Kier alpha value is -0.760. The van der Waals surface area contributed by atoms with Crippen molar-refractivity contribution < 1.29 is 4.74 Å². The van der Waals surface area contributed by atoms with Crippen LogP contribution in [0.2, 0.25) is 5.02 Å². The smallest absolute Gasteiger partial charge is 0.141 e. The van der Waals surface area contributed by atoms with Gasteiger partial charge in [-0.3, -0.25) is 4.98 Å². The van der Waals surface area contributed by atoms with Gasteiger partial charge in [-0.25, -0.2) is 0 Å². The lowest BCUT2D eigenvalue weighted by molar-refractivity contribution is 0.112. The molecule has 1 heterocycles. The van der Waals surface area contributed by atoms with E-state index < -0.39 is 0 Å². The van der Waals surface area contributed by atoms with Crippen molar-refractivity contribution in [3.8, 4) is 5.75 Å². The number of ether oxygens (including phenoxy) is 1. The molecule has 1 aromatic heterocycles. The molecule has 1 aliphatic rings. The van der Waals surface area contributed by atoms with Gasteiger partial charge in [0, 0.05) is 12.3 Å². The summed E-state index contributed by atoms with van der Waals surface area (Å²) >= 11 is 6.23. The van der Waals surface area contributed by atoms with Crippen LogP contribution in [0.15, 0.2) is 12.3 Å². The largest absolute Gasteiger partial charge is 0.489 e. The highest BCUT2D eigenvalue weighted by Crippen LogP contribution is 2.35. The molecular weight excluding hydrogens is 258 g/mol. The molecule has 3 heteroatoms. The average molecular weight is 282 g/mol. The number of hydrogen-bond acceptors (Lipinski definition) is 2. The number of pyridine rings is 1. The maximum Gasteiger partial charge on any atom is 0.141 e. The van der Waals surface area contributed by atoms with Gasteiger partial charge in [0.15, 0.2) is 0 Å². The van der Waals surface area contributed by atoms with E-state index in [1.54, 1.807) is 6.20 Å². The first-order valence-electron chi connectivity index (χ1n) is 7.39. The van der Waals surface area contributed by atoms with Crippen LogP contribution in [0.5, 0.6) is 5.75 Å². The molecule has 106 valence electrons. The third-order valence-electron chi connectivity index (χ3n) is 4.49. The fourth-order valence-corrected chi connectivity index (χ4v) is 3.06. The summed E-state index contributed by atoms with van der Waals surface area (Å²) in [5.41, 5.74) is 0.840. The molecule has 1 saturated carbocycles. The van der Waals surface area contributed by atoms with Crippen LogP contribution in [0.4, 0.5) is 0 Å². The molecule has 0 radical (unpaired) electrons. The lowest BCUT2D eigenvalue weighted by Crippen LogP contribution is -2.27. The fourth-order valence-electron chi connectivity index (χ4n) is 2.90. The number of rotatable bonds is 4. The zero-order chi connectivity index (χ0) is 13.8. The van der Waals surface area contributed by atoms with Crippen molar-refractivity contribution in [1.29, 1.82) is 0 Å². The average Bonchev–Trinajstić information content (AvgIpc) is 2.44. The number of aromatic nitrogens is 1. The highest BCUT2D eigenvalue weighted by Gasteiger charge is 2.25. The highest BCUT2D eigenvalue weighted by atomic mass is 35.5. The molecule has 0 aromatic carbocycles. The fraction of sp³-hybridized carbons (Fsp3) is 0.688. The predicted molar refractivity (Wildman–Crippen MR) is 79.8 cm³/mol. The Bertz CT molecular complexity index is 413. The molecule has 0 aliphatic heterocycles. The Morgan fingerprint density at radius 3 is 2.68 bits per heavy atom. The topological polar surface area (TPSA) is 22.1 Å². The highest BCUT2D eigenvalue weighted by molar-refractivity contribution is 6.32. The number of halogens is 1. The summed E-state index contributed by atoms with van der Waals surface area (Å²) in [7, 11) is 0. The van der Waals surface area contributed by atoms with E-state index in [-0.39, 0.29) is 0 Å². The Morgan fingerprint density at radius 2 is 2.05 bits per heavy atom. The molecule has 1 unspecified atom stereocenters. The van der Waals surface area contributed by atoms with Crippen molar-refractivity contribution in [3.63, 3.8) is 0 Å². The number of aryl methyl sites for hydroxylation is 1. The summed E-state index contributed by atoms with van der Waals surface area (Å²) in [6.45, 7) is 6.57. The van der Waals surface area contributed by atoms with E-state index in [0.717, 1.165) is 36.1 Å². The molecule has 0 N–H and O–H groups in total. The van der Waals surface area contributed by atoms with Crippen LogP contribution in [-0.2, 0) is 0 Å². The van der Waals surface area contributed by atoms with E-state index in [4.69, 9.17) is 16.3 Å². The van der Waals surface area contributed by atoms with Crippen molar-refractivity contribution in [2.24, 2.45) is 11.8 Å². The second kappa shape index (κ2) is 6.60. The lowest BCUT2D eigenvalue weighted by atomic mass is 9.79. The summed E-state index contributed by atoms with van der Waals surface area (Å²) in [4.78, 5) is 4.17. The quantitative estimate of drug-likeness (QED) is 0.772. The van der Waals surface area contributed by atoms with Gasteiger partial charge in [-0.05, 0) is 44.4 Å². The standard InChI is InChI=1S/C16H24ClNO/c1-4-11(2)13-5-7-14(8-6-13)19-15-9-10-18-12(3)16(15)17/h9-11,13-14H,4-8H2,1-3H3. The minimum Gasteiger partial charge on any atom is -0.489 e.